The summed E-state index contributed by atoms with van der Waals surface area (Å²) in [6, 6.07) is 3.31. The lowest BCUT2D eigenvalue weighted by atomic mass is 10.1. The summed E-state index contributed by atoms with van der Waals surface area (Å²) in [5.74, 6) is -0.670. The Morgan fingerprint density at radius 2 is 2.05 bits per heavy atom. The van der Waals surface area contributed by atoms with Crippen LogP contribution in [0.2, 0.25) is 0 Å². The quantitative estimate of drug-likeness (QED) is 0.854. The SMILES string of the molecule is COC(=O)C(N)c1cc2ccc(C(F)(F)F)cc2o1. The fraction of sp³-hybridized carbons (Fsp3) is 0.250. The second kappa shape index (κ2) is 4.58. The van der Waals surface area contributed by atoms with Gasteiger partial charge in [0.2, 0.25) is 0 Å². The minimum atomic E-state index is -4.45. The van der Waals surface area contributed by atoms with Crippen LogP contribution in [-0.2, 0) is 15.7 Å². The molecule has 1 heterocycles. The number of hydrogen-bond acceptors (Lipinski definition) is 4. The van der Waals surface area contributed by atoms with Crippen LogP contribution in [-0.4, -0.2) is 13.1 Å². The molecule has 0 saturated heterocycles. The van der Waals surface area contributed by atoms with Gasteiger partial charge in [-0.2, -0.15) is 13.2 Å². The number of carbonyl (C=O) groups excluding carboxylic acids is 1. The first-order valence-corrected chi connectivity index (χ1v) is 5.27. The number of hydrogen-bond donors (Lipinski definition) is 1. The molecule has 4 nitrogen and oxygen atoms in total. The van der Waals surface area contributed by atoms with E-state index in [9.17, 15) is 18.0 Å². The van der Waals surface area contributed by atoms with Gasteiger partial charge >= 0.3 is 12.1 Å². The molecule has 1 aromatic carbocycles. The van der Waals surface area contributed by atoms with E-state index >= 15 is 0 Å². The number of benzene rings is 1. The maximum absolute atomic E-state index is 12.5. The summed E-state index contributed by atoms with van der Waals surface area (Å²) in [5, 5.41) is 0.433. The molecule has 0 fully saturated rings. The first-order chi connectivity index (χ1) is 8.82. The second-order valence-electron chi connectivity index (χ2n) is 3.90. The molecule has 0 saturated carbocycles. The molecule has 0 radical (unpaired) electrons. The Morgan fingerprint density at radius 1 is 1.37 bits per heavy atom. The van der Waals surface area contributed by atoms with E-state index in [-0.39, 0.29) is 11.3 Å². The summed E-state index contributed by atoms with van der Waals surface area (Å²) in [7, 11) is 1.16. The first kappa shape index (κ1) is 13.4. The van der Waals surface area contributed by atoms with Crippen LogP contribution >= 0.6 is 0 Å². The molecule has 2 aromatic rings. The summed E-state index contributed by atoms with van der Waals surface area (Å²) in [6.07, 6.45) is -4.45. The van der Waals surface area contributed by atoms with Crippen LogP contribution in [0.3, 0.4) is 0 Å². The Kier molecular flexibility index (Phi) is 3.23. The van der Waals surface area contributed by atoms with Crippen molar-refractivity contribution in [1.29, 1.82) is 0 Å². The smallest absolute Gasteiger partial charge is 0.416 e. The number of fused-ring (bicyclic) bond motifs is 1. The number of esters is 1. The molecular formula is C12H10F3NO3. The maximum Gasteiger partial charge on any atom is 0.416 e. The molecule has 1 unspecified atom stereocenters. The summed E-state index contributed by atoms with van der Waals surface area (Å²) in [5.41, 5.74) is 4.74. The van der Waals surface area contributed by atoms with Crippen molar-refractivity contribution in [3.05, 3.63) is 35.6 Å². The van der Waals surface area contributed by atoms with Crippen LogP contribution in [0, 0.1) is 0 Å². The van der Waals surface area contributed by atoms with Gasteiger partial charge in [0, 0.05) is 5.39 Å². The van der Waals surface area contributed by atoms with E-state index in [1.54, 1.807) is 0 Å². The van der Waals surface area contributed by atoms with Gasteiger partial charge in [0.25, 0.3) is 0 Å². The lowest BCUT2D eigenvalue weighted by Crippen LogP contribution is -2.21. The normalized spacial score (nSPS) is 13.5. The molecule has 102 valence electrons. The predicted molar refractivity (Wildman–Crippen MR) is 60.2 cm³/mol. The van der Waals surface area contributed by atoms with Gasteiger partial charge in [-0.3, -0.25) is 0 Å². The Labute approximate surface area is 105 Å². The van der Waals surface area contributed by atoms with E-state index in [1.165, 1.54) is 12.1 Å². The third kappa shape index (κ3) is 2.55. The number of rotatable bonds is 2. The molecule has 2 rings (SSSR count). The third-order valence-corrected chi connectivity index (χ3v) is 2.63. The van der Waals surface area contributed by atoms with Crippen LogP contribution in [0.4, 0.5) is 13.2 Å². The number of carbonyl (C=O) groups is 1. The highest BCUT2D eigenvalue weighted by atomic mass is 19.4. The van der Waals surface area contributed by atoms with Crippen molar-refractivity contribution < 1.29 is 27.1 Å². The van der Waals surface area contributed by atoms with Gasteiger partial charge in [-0.25, -0.2) is 4.79 Å². The molecule has 19 heavy (non-hydrogen) atoms. The highest BCUT2D eigenvalue weighted by molar-refractivity contribution is 5.82. The average Bonchev–Trinajstić information content (AvgIpc) is 2.78. The summed E-state index contributed by atoms with van der Waals surface area (Å²) in [4.78, 5) is 11.2. The standard InChI is InChI=1S/C12H10F3NO3/c1-18-11(17)10(16)9-4-6-2-3-7(12(13,14)15)5-8(6)19-9/h2-5,10H,16H2,1H3. The van der Waals surface area contributed by atoms with Crippen LogP contribution in [0.15, 0.2) is 28.7 Å². The van der Waals surface area contributed by atoms with E-state index in [1.807, 2.05) is 0 Å². The highest BCUT2D eigenvalue weighted by Gasteiger charge is 2.31. The largest absolute Gasteiger partial charge is 0.468 e. The van der Waals surface area contributed by atoms with Gasteiger partial charge in [-0.05, 0) is 18.2 Å². The predicted octanol–water partition coefficient (Wildman–Crippen LogP) is 2.62. The molecule has 0 aliphatic carbocycles. The fourth-order valence-electron chi connectivity index (χ4n) is 1.62. The number of halogens is 3. The van der Waals surface area contributed by atoms with E-state index in [0.717, 1.165) is 19.2 Å². The zero-order chi connectivity index (χ0) is 14.2. The highest BCUT2D eigenvalue weighted by Crippen LogP contribution is 2.33. The molecule has 1 aromatic heterocycles. The number of furan rings is 1. The van der Waals surface area contributed by atoms with Crippen molar-refractivity contribution in [2.45, 2.75) is 12.2 Å². The Bertz CT molecular complexity index is 618. The molecular weight excluding hydrogens is 263 g/mol. The molecule has 7 heteroatoms. The molecule has 0 spiro atoms. The first-order valence-electron chi connectivity index (χ1n) is 5.27. The third-order valence-electron chi connectivity index (χ3n) is 2.63. The number of nitrogens with two attached hydrogens (primary N) is 1. The maximum atomic E-state index is 12.5. The summed E-state index contributed by atoms with van der Waals surface area (Å²) >= 11 is 0. The van der Waals surface area contributed by atoms with Crippen LogP contribution in [0.5, 0.6) is 0 Å². The van der Waals surface area contributed by atoms with Gasteiger partial charge in [0.05, 0.1) is 12.7 Å². The van der Waals surface area contributed by atoms with E-state index < -0.39 is 23.8 Å². The molecule has 0 aliphatic rings. The summed E-state index contributed by atoms with van der Waals surface area (Å²) < 4.78 is 47.2. The molecule has 2 N–H and O–H groups in total. The van der Waals surface area contributed by atoms with Gasteiger partial charge in [-0.1, -0.05) is 6.07 Å². The van der Waals surface area contributed by atoms with Gasteiger partial charge in [-0.15, -0.1) is 0 Å². The molecule has 1 atom stereocenters. The Morgan fingerprint density at radius 3 is 2.63 bits per heavy atom. The van der Waals surface area contributed by atoms with E-state index in [0.29, 0.717) is 5.39 Å². The van der Waals surface area contributed by atoms with Gasteiger partial charge in [0.1, 0.15) is 11.3 Å². The van der Waals surface area contributed by atoms with Gasteiger partial charge in [0.15, 0.2) is 6.04 Å². The van der Waals surface area contributed by atoms with Gasteiger partial charge < -0.3 is 14.9 Å². The van der Waals surface area contributed by atoms with E-state index in [4.69, 9.17) is 10.2 Å². The number of methoxy groups -OCH3 is 1. The minimum Gasteiger partial charge on any atom is -0.468 e. The number of ether oxygens (including phenoxy) is 1. The van der Waals surface area contributed by atoms with Crippen molar-refractivity contribution in [2.24, 2.45) is 5.73 Å². The second-order valence-corrected chi connectivity index (χ2v) is 3.90. The van der Waals surface area contributed by atoms with Crippen molar-refractivity contribution in [3.8, 4) is 0 Å². The van der Waals surface area contributed by atoms with E-state index in [2.05, 4.69) is 4.74 Å². The fourth-order valence-corrected chi connectivity index (χ4v) is 1.62. The van der Waals surface area contributed by atoms with Crippen molar-refractivity contribution >= 4 is 16.9 Å². The monoisotopic (exact) mass is 273 g/mol. The number of alkyl halides is 3. The van der Waals surface area contributed by atoms with Crippen LogP contribution < -0.4 is 5.73 Å². The summed E-state index contributed by atoms with van der Waals surface area (Å²) in [6.45, 7) is 0. The topological polar surface area (TPSA) is 65.5 Å². The average molecular weight is 273 g/mol. The van der Waals surface area contributed by atoms with Crippen LogP contribution in [0.1, 0.15) is 17.4 Å². The van der Waals surface area contributed by atoms with Crippen molar-refractivity contribution in [2.75, 3.05) is 7.11 Å². The van der Waals surface area contributed by atoms with Crippen LogP contribution in [0.25, 0.3) is 11.0 Å². The lowest BCUT2D eigenvalue weighted by molar-refractivity contribution is -0.142. The zero-order valence-corrected chi connectivity index (χ0v) is 9.82. The van der Waals surface area contributed by atoms with Crippen molar-refractivity contribution in [1.82, 2.24) is 0 Å². The minimum absolute atomic E-state index is 0.0178. The lowest BCUT2D eigenvalue weighted by Gasteiger charge is -2.05. The Balaban J connectivity index is 2.44. The molecule has 0 bridgehead atoms. The molecule has 0 aliphatic heterocycles. The van der Waals surface area contributed by atoms with Crippen molar-refractivity contribution in [3.63, 3.8) is 0 Å². The zero-order valence-electron chi connectivity index (χ0n) is 9.82. The molecule has 0 amide bonds. The Hall–Kier alpha value is -2.02.